The van der Waals surface area contributed by atoms with Gasteiger partial charge < -0.3 is 9.47 Å². The van der Waals surface area contributed by atoms with Gasteiger partial charge in [-0.25, -0.2) is 0 Å². The van der Waals surface area contributed by atoms with E-state index < -0.39 is 0 Å². The van der Waals surface area contributed by atoms with Crippen LogP contribution in [0, 0.1) is 5.41 Å². The third-order valence-electron chi connectivity index (χ3n) is 5.27. The fourth-order valence-corrected chi connectivity index (χ4v) is 3.73. The Morgan fingerprint density at radius 1 is 0.929 bits per heavy atom. The van der Waals surface area contributed by atoms with Gasteiger partial charge in [-0.1, -0.05) is 50.2 Å². The third-order valence-corrected chi connectivity index (χ3v) is 5.27. The zero-order chi connectivity index (χ0) is 19.7. The summed E-state index contributed by atoms with van der Waals surface area (Å²) in [6.07, 6.45) is 1.08. The molecule has 0 unspecified atom stereocenters. The van der Waals surface area contributed by atoms with Gasteiger partial charge in [0, 0.05) is 17.5 Å². The Kier molecular flexibility index (Phi) is 5.04. The SMILES string of the molecule is CC1(C)COC(c2ccccc2CCCN2C(=O)c3ccccc3C2=O)OC1. The van der Waals surface area contributed by atoms with E-state index in [-0.39, 0.29) is 23.5 Å². The van der Waals surface area contributed by atoms with Crippen LogP contribution in [0.25, 0.3) is 0 Å². The van der Waals surface area contributed by atoms with E-state index in [1.165, 1.54) is 4.90 Å². The zero-order valence-electron chi connectivity index (χ0n) is 16.3. The van der Waals surface area contributed by atoms with E-state index in [1.54, 1.807) is 24.3 Å². The van der Waals surface area contributed by atoms with E-state index in [0.29, 0.717) is 37.3 Å². The molecule has 1 fully saturated rings. The van der Waals surface area contributed by atoms with Crippen molar-refractivity contribution in [3.63, 3.8) is 0 Å². The molecule has 0 saturated carbocycles. The molecule has 5 heteroatoms. The van der Waals surface area contributed by atoms with Gasteiger partial charge >= 0.3 is 0 Å². The minimum Gasteiger partial charge on any atom is -0.348 e. The third kappa shape index (κ3) is 3.60. The number of rotatable bonds is 5. The van der Waals surface area contributed by atoms with Crippen molar-refractivity contribution in [2.24, 2.45) is 5.41 Å². The first kappa shape index (κ1) is 18.8. The highest BCUT2D eigenvalue weighted by atomic mass is 16.7. The maximum Gasteiger partial charge on any atom is 0.261 e. The predicted octanol–water partition coefficient (Wildman–Crippen LogP) is 3.99. The van der Waals surface area contributed by atoms with Gasteiger partial charge in [-0.05, 0) is 30.5 Å². The highest BCUT2D eigenvalue weighted by Crippen LogP contribution is 2.33. The lowest BCUT2D eigenvalue weighted by Gasteiger charge is -2.35. The summed E-state index contributed by atoms with van der Waals surface area (Å²) >= 11 is 0. The van der Waals surface area contributed by atoms with Crippen molar-refractivity contribution in [2.45, 2.75) is 33.0 Å². The highest BCUT2D eigenvalue weighted by Gasteiger charge is 2.34. The van der Waals surface area contributed by atoms with Crippen LogP contribution in [0.5, 0.6) is 0 Å². The molecule has 0 bridgehead atoms. The standard InChI is InChI=1S/C23H25NO4/c1-23(2)14-27-22(28-15-23)17-10-4-3-8-16(17)9-7-13-24-20(25)18-11-5-6-12-19(18)21(24)26/h3-6,8,10-12,22H,7,9,13-15H2,1-2H3. The molecule has 2 aliphatic rings. The molecule has 2 aromatic rings. The summed E-state index contributed by atoms with van der Waals surface area (Å²) in [5.41, 5.74) is 3.18. The lowest BCUT2D eigenvalue weighted by Crippen LogP contribution is -2.34. The number of aryl methyl sites for hydroxylation is 1. The van der Waals surface area contributed by atoms with Gasteiger partial charge in [0.15, 0.2) is 6.29 Å². The lowest BCUT2D eigenvalue weighted by molar-refractivity contribution is -0.226. The van der Waals surface area contributed by atoms with Gasteiger partial charge in [0.05, 0.1) is 24.3 Å². The van der Waals surface area contributed by atoms with E-state index in [0.717, 1.165) is 17.5 Å². The molecule has 4 rings (SSSR count). The largest absolute Gasteiger partial charge is 0.348 e. The van der Waals surface area contributed by atoms with Crippen LogP contribution < -0.4 is 0 Å². The Labute approximate surface area is 165 Å². The van der Waals surface area contributed by atoms with E-state index in [9.17, 15) is 9.59 Å². The molecule has 2 aromatic carbocycles. The highest BCUT2D eigenvalue weighted by molar-refractivity contribution is 6.21. The molecule has 1 saturated heterocycles. The van der Waals surface area contributed by atoms with E-state index in [2.05, 4.69) is 19.9 Å². The van der Waals surface area contributed by atoms with Crippen LogP contribution in [0.4, 0.5) is 0 Å². The monoisotopic (exact) mass is 379 g/mol. The quantitative estimate of drug-likeness (QED) is 0.737. The maximum atomic E-state index is 12.5. The topological polar surface area (TPSA) is 55.8 Å². The lowest BCUT2D eigenvalue weighted by atomic mass is 9.94. The van der Waals surface area contributed by atoms with Crippen molar-refractivity contribution < 1.29 is 19.1 Å². The fraction of sp³-hybridized carbons (Fsp3) is 0.391. The molecule has 28 heavy (non-hydrogen) atoms. The second kappa shape index (κ2) is 7.49. The van der Waals surface area contributed by atoms with Crippen LogP contribution in [0.3, 0.4) is 0 Å². The van der Waals surface area contributed by atoms with Crippen LogP contribution in [-0.4, -0.2) is 36.5 Å². The summed E-state index contributed by atoms with van der Waals surface area (Å²) < 4.78 is 11.9. The zero-order valence-corrected chi connectivity index (χ0v) is 16.3. The molecule has 0 atom stereocenters. The minimum atomic E-state index is -0.358. The summed E-state index contributed by atoms with van der Waals surface area (Å²) in [6.45, 7) is 5.95. The molecule has 5 nitrogen and oxygen atoms in total. The molecule has 0 N–H and O–H groups in total. The minimum absolute atomic E-state index is 0.0247. The van der Waals surface area contributed by atoms with Gasteiger partial charge in [0.2, 0.25) is 0 Å². The molecule has 0 radical (unpaired) electrons. The Morgan fingerprint density at radius 2 is 1.50 bits per heavy atom. The number of hydrogen-bond acceptors (Lipinski definition) is 4. The van der Waals surface area contributed by atoms with E-state index in [1.807, 2.05) is 18.2 Å². The molecule has 0 spiro atoms. The summed E-state index contributed by atoms with van der Waals surface area (Å²) in [4.78, 5) is 26.3. The van der Waals surface area contributed by atoms with Crippen molar-refractivity contribution in [2.75, 3.05) is 19.8 Å². The Hall–Kier alpha value is -2.50. The van der Waals surface area contributed by atoms with Gasteiger partial charge in [0.25, 0.3) is 11.8 Å². The molecular weight excluding hydrogens is 354 g/mol. The normalized spacial score (nSPS) is 19.1. The fourth-order valence-electron chi connectivity index (χ4n) is 3.73. The van der Waals surface area contributed by atoms with E-state index in [4.69, 9.17) is 9.47 Å². The Balaban J connectivity index is 1.40. The first-order valence-corrected chi connectivity index (χ1v) is 9.72. The summed E-state index contributed by atoms with van der Waals surface area (Å²) in [6, 6.07) is 15.1. The number of carbonyl (C=O) groups is 2. The van der Waals surface area contributed by atoms with Crippen LogP contribution in [0.15, 0.2) is 48.5 Å². The van der Waals surface area contributed by atoms with E-state index >= 15 is 0 Å². The molecule has 0 aromatic heterocycles. The van der Waals surface area contributed by atoms with Gasteiger partial charge in [-0.2, -0.15) is 0 Å². The van der Waals surface area contributed by atoms with Crippen LogP contribution in [-0.2, 0) is 15.9 Å². The van der Waals surface area contributed by atoms with Crippen LogP contribution >= 0.6 is 0 Å². The van der Waals surface area contributed by atoms with Gasteiger partial charge in [-0.15, -0.1) is 0 Å². The van der Waals surface area contributed by atoms with Crippen LogP contribution in [0.2, 0.25) is 0 Å². The number of nitrogens with zero attached hydrogens (tertiary/aromatic N) is 1. The number of ether oxygens (including phenoxy) is 2. The summed E-state index contributed by atoms with van der Waals surface area (Å²) in [5.74, 6) is -0.398. The number of carbonyl (C=O) groups excluding carboxylic acids is 2. The second-order valence-electron chi connectivity index (χ2n) is 8.23. The molecule has 146 valence electrons. The van der Waals surface area contributed by atoms with Crippen molar-refractivity contribution >= 4 is 11.8 Å². The Bertz CT molecular complexity index is 860. The average Bonchev–Trinajstić information content (AvgIpc) is 2.94. The van der Waals surface area contributed by atoms with Crippen LogP contribution in [0.1, 0.15) is 58.4 Å². The number of benzene rings is 2. The molecule has 2 aliphatic heterocycles. The number of fused-ring (bicyclic) bond motifs is 1. The molecule has 2 amide bonds. The predicted molar refractivity (Wildman–Crippen MR) is 105 cm³/mol. The van der Waals surface area contributed by atoms with Crippen molar-refractivity contribution in [1.29, 1.82) is 0 Å². The average molecular weight is 379 g/mol. The van der Waals surface area contributed by atoms with Gasteiger partial charge in [-0.3, -0.25) is 14.5 Å². The summed E-state index contributed by atoms with van der Waals surface area (Å²) in [5, 5.41) is 0. The van der Waals surface area contributed by atoms with Crippen molar-refractivity contribution in [1.82, 2.24) is 4.90 Å². The molecule has 2 heterocycles. The first-order chi connectivity index (χ1) is 13.5. The molecular formula is C23H25NO4. The number of hydrogen-bond donors (Lipinski definition) is 0. The maximum absolute atomic E-state index is 12.5. The van der Waals surface area contributed by atoms with Crippen molar-refractivity contribution in [3.05, 3.63) is 70.8 Å². The number of amides is 2. The molecule has 0 aliphatic carbocycles. The number of imide groups is 1. The smallest absolute Gasteiger partial charge is 0.261 e. The Morgan fingerprint density at radius 3 is 2.14 bits per heavy atom. The second-order valence-corrected chi connectivity index (χ2v) is 8.23. The van der Waals surface area contributed by atoms with Gasteiger partial charge in [0.1, 0.15) is 0 Å². The summed E-state index contributed by atoms with van der Waals surface area (Å²) in [7, 11) is 0. The first-order valence-electron chi connectivity index (χ1n) is 9.72. The van der Waals surface area contributed by atoms with Crippen molar-refractivity contribution in [3.8, 4) is 0 Å².